The molecule has 0 fully saturated rings. The number of allylic oxidation sites excluding steroid dienone is 1. The van der Waals surface area contributed by atoms with Crippen LogP contribution < -0.4 is 16.6 Å². The lowest BCUT2D eigenvalue weighted by molar-refractivity contribution is 0.731. The van der Waals surface area contributed by atoms with Crippen molar-refractivity contribution in [1.29, 1.82) is 0 Å². The van der Waals surface area contributed by atoms with Crippen molar-refractivity contribution in [3.8, 4) is 0 Å². The first kappa shape index (κ1) is 9.02. The molecule has 0 atom stereocenters. The number of anilines is 1. The molecule has 1 rings (SSSR count). The molecule has 1 aromatic rings. The maximum Gasteiger partial charge on any atom is 0.180 e. The van der Waals surface area contributed by atoms with Crippen molar-refractivity contribution in [3.63, 3.8) is 0 Å². The second kappa shape index (κ2) is 4.08. The van der Waals surface area contributed by atoms with Gasteiger partial charge in [0.15, 0.2) is 5.13 Å². The third kappa shape index (κ3) is 2.21. The van der Waals surface area contributed by atoms with Crippen LogP contribution in [-0.4, -0.2) is 12.0 Å². The number of hydrazine groups is 1. The molecule has 0 unspecified atom stereocenters. The van der Waals surface area contributed by atoms with E-state index in [0.717, 1.165) is 11.3 Å². The van der Waals surface area contributed by atoms with Gasteiger partial charge in [-0.2, -0.15) is 0 Å². The van der Waals surface area contributed by atoms with Crippen molar-refractivity contribution in [3.05, 3.63) is 17.3 Å². The molecule has 12 heavy (non-hydrogen) atoms. The van der Waals surface area contributed by atoms with Gasteiger partial charge in [-0.3, -0.25) is 0 Å². The zero-order valence-corrected chi connectivity index (χ0v) is 7.90. The quantitative estimate of drug-likeness (QED) is 0.608. The van der Waals surface area contributed by atoms with Gasteiger partial charge < -0.3 is 11.2 Å². The predicted octanol–water partition coefficient (Wildman–Crippen LogP) is 0.810. The van der Waals surface area contributed by atoms with Gasteiger partial charge in [0.1, 0.15) is 0 Å². The molecule has 0 aromatic carbocycles. The number of nitrogen functional groups attached to an aromatic ring is 1. The van der Waals surface area contributed by atoms with E-state index >= 15 is 0 Å². The summed E-state index contributed by atoms with van der Waals surface area (Å²) in [5.74, 6) is 0. The normalized spacial score (nSPS) is 11.7. The summed E-state index contributed by atoms with van der Waals surface area (Å²) in [6.45, 7) is 1.97. The van der Waals surface area contributed by atoms with Crippen LogP contribution in [0.5, 0.6) is 0 Å². The summed E-state index contributed by atoms with van der Waals surface area (Å²) >= 11 is 1.44. The van der Waals surface area contributed by atoms with Crippen molar-refractivity contribution in [2.45, 2.75) is 6.92 Å². The number of rotatable bonds is 3. The monoisotopic (exact) mass is 184 g/mol. The van der Waals surface area contributed by atoms with Gasteiger partial charge in [-0.25, -0.2) is 10.4 Å². The van der Waals surface area contributed by atoms with Crippen LogP contribution in [-0.2, 0) is 0 Å². The van der Waals surface area contributed by atoms with E-state index in [0.29, 0.717) is 5.13 Å². The van der Waals surface area contributed by atoms with Crippen LogP contribution in [0, 0.1) is 0 Å². The number of hydrogen-bond acceptors (Lipinski definition) is 5. The van der Waals surface area contributed by atoms with Crippen LogP contribution in [0.2, 0.25) is 0 Å². The highest BCUT2D eigenvalue weighted by Crippen LogP contribution is 2.17. The second-order valence-corrected chi connectivity index (χ2v) is 3.18. The van der Waals surface area contributed by atoms with Gasteiger partial charge in [0.2, 0.25) is 0 Å². The topological polar surface area (TPSA) is 63.0 Å². The van der Waals surface area contributed by atoms with Crippen LogP contribution in [0.1, 0.15) is 12.6 Å². The second-order valence-electron chi connectivity index (χ2n) is 2.29. The van der Waals surface area contributed by atoms with Crippen LogP contribution in [0.15, 0.2) is 11.6 Å². The Morgan fingerprint density at radius 3 is 3.00 bits per heavy atom. The Hall–Kier alpha value is -1.07. The molecule has 0 aliphatic heterocycles. The van der Waals surface area contributed by atoms with E-state index in [2.05, 4.69) is 15.8 Å². The molecular formula is C7H12N4S. The number of nitrogens with two attached hydrogens (primary N) is 1. The fraction of sp³-hybridized carbons (Fsp3) is 0.286. The molecule has 0 radical (unpaired) electrons. The van der Waals surface area contributed by atoms with Crippen molar-refractivity contribution in [1.82, 2.24) is 15.8 Å². The Bertz CT molecular complexity index is 279. The number of aromatic nitrogens is 1. The molecular weight excluding hydrogens is 172 g/mol. The maximum atomic E-state index is 5.49. The number of nitrogens with zero attached hydrogens (tertiary/aromatic N) is 1. The van der Waals surface area contributed by atoms with Gasteiger partial charge in [0.05, 0.1) is 5.69 Å². The zero-order valence-electron chi connectivity index (χ0n) is 7.09. The molecule has 1 aromatic heterocycles. The fourth-order valence-corrected chi connectivity index (χ4v) is 1.35. The summed E-state index contributed by atoms with van der Waals surface area (Å²) in [7, 11) is 1.80. The number of hydrogen-bond donors (Lipinski definition) is 3. The Kier molecular flexibility index (Phi) is 3.07. The third-order valence-corrected chi connectivity index (χ3v) is 2.03. The maximum absolute atomic E-state index is 5.49. The van der Waals surface area contributed by atoms with E-state index in [1.165, 1.54) is 11.3 Å². The van der Waals surface area contributed by atoms with Gasteiger partial charge in [-0.05, 0) is 12.5 Å². The Morgan fingerprint density at radius 2 is 2.50 bits per heavy atom. The average molecular weight is 184 g/mol. The van der Waals surface area contributed by atoms with E-state index in [4.69, 9.17) is 5.73 Å². The standard InChI is InChI=1S/C7H12N4S/c1-5(3-10-9-2)6-4-12-7(8)11-6/h3-4,9-10H,1-2H3,(H2,8,11)/b5-3+. The largest absolute Gasteiger partial charge is 0.375 e. The van der Waals surface area contributed by atoms with Crippen molar-refractivity contribution in [2.24, 2.45) is 0 Å². The summed E-state index contributed by atoms with van der Waals surface area (Å²) in [5.41, 5.74) is 13.1. The van der Waals surface area contributed by atoms with E-state index in [1.807, 2.05) is 18.5 Å². The van der Waals surface area contributed by atoms with Gasteiger partial charge in [-0.1, -0.05) is 0 Å². The highest BCUT2D eigenvalue weighted by atomic mass is 32.1. The van der Waals surface area contributed by atoms with Crippen molar-refractivity contribution in [2.75, 3.05) is 12.8 Å². The van der Waals surface area contributed by atoms with E-state index in [1.54, 1.807) is 7.05 Å². The Balaban J connectivity index is 2.70. The molecule has 0 saturated carbocycles. The molecule has 66 valence electrons. The third-order valence-electron chi connectivity index (χ3n) is 1.36. The van der Waals surface area contributed by atoms with Crippen LogP contribution in [0.25, 0.3) is 5.57 Å². The molecule has 0 aliphatic carbocycles. The Labute approximate surface area is 75.5 Å². The minimum Gasteiger partial charge on any atom is -0.375 e. The predicted molar refractivity (Wildman–Crippen MR) is 52.4 cm³/mol. The van der Waals surface area contributed by atoms with Gasteiger partial charge in [0, 0.05) is 18.6 Å². The minimum atomic E-state index is 0.599. The summed E-state index contributed by atoms with van der Waals surface area (Å²) in [6.07, 6.45) is 1.84. The SMILES string of the molecule is CNN/C=C(\C)c1csc(N)n1. The number of nitrogens with one attached hydrogen (secondary N) is 2. The summed E-state index contributed by atoms with van der Waals surface area (Å²) in [6, 6.07) is 0. The molecule has 0 bridgehead atoms. The molecule has 0 amide bonds. The summed E-state index contributed by atoms with van der Waals surface area (Å²) in [4.78, 5) is 4.12. The fourth-order valence-electron chi connectivity index (χ4n) is 0.723. The minimum absolute atomic E-state index is 0.599. The van der Waals surface area contributed by atoms with Crippen LogP contribution in [0.3, 0.4) is 0 Å². The highest BCUT2D eigenvalue weighted by Gasteiger charge is 1.99. The lowest BCUT2D eigenvalue weighted by Crippen LogP contribution is -2.21. The molecule has 5 heteroatoms. The molecule has 1 heterocycles. The van der Waals surface area contributed by atoms with E-state index in [-0.39, 0.29) is 0 Å². The van der Waals surface area contributed by atoms with Crippen molar-refractivity contribution < 1.29 is 0 Å². The molecule has 0 saturated heterocycles. The molecule has 0 aliphatic rings. The first-order valence-electron chi connectivity index (χ1n) is 3.54. The smallest absolute Gasteiger partial charge is 0.180 e. The highest BCUT2D eigenvalue weighted by molar-refractivity contribution is 7.13. The lowest BCUT2D eigenvalue weighted by Gasteiger charge is -1.97. The zero-order chi connectivity index (χ0) is 8.97. The molecule has 0 spiro atoms. The first-order chi connectivity index (χ1) is 5.74. The van der Waals surface area contributed by atoms with E-state index < -0.39 is 0 Å². The average Bonchev–Trinajstić information content (AvgIpc) is 2.47. The first-order valence-corrected chi connectivity index (χ1v) is 4.42. The lowest BCUT2D eigenvalue weighted by atomic mass is 10.3. The summed E-state index contributed by atoms with van der Waals surface area (Å²) < 4.78 is 0. The van der Waals surface area contributed by atoms with Gasteiger partial charge in [-0.15, -0.1) is 11.3 Å². The van der Waals surface area contributed by atoms with Gasteiger partial charge >= 0.3 is 0 Å². The summed E-state index contributed by atoms with van der Waals surface area (Å²) in [5, 5.41) is 2.53. The molecule has 4 N–H and O–H groups in total. The van der Waals surface area contributed by atoms with Gasteiger partial charge in [0.25, 0.3) is 0 Å². The number of thiazole rings is 1. The Morgan fingerprint density at radius 1 is 1.75 bits per heavy atom. The van der Waals surface area contributed by atoms with E-state index in [9.17, 15) is 0 Å². The van der Waals surface area contributed by atoms with Crippen LogP contribution >= 0.6 is 11.3 Å². The van der Waals surface area contributed by atoms with Crippen molar-refractivity contribution >= 4 is 22.0 Å². The van der Waals surface area contributed by atoms with Crippen LogP contribution in [0.4, 0.5) is 5.13 Å². The molecule has 4 nitrogen and oxygen atoms in total.